The topological polar surface area (TPSA) is 66.0 Å². The van der Waals surface area contributed by atoms with E-state index >= 15 is 0 Å². The molecule has 3 aromatic carbocycles. The summed E-state index contributed by atoms with van der Waals surface area (Å²) in [5, 5.41) is 2.83. The molecule has 1 aliphatic rings. The largest absolute Gasteiger partial charge is 0.481 e. The highest BCUT2D eigenvalue weighted by atomic mass is 16.7. The summed E-state index contributed by atoms with van der Waals surface area (Å²) < 4.78 is 22.0. The van der Waals surface area contributed by atoms with Crippen LogP contribution in [0.3, 0.4) is 0 Å². The summed E-state index contributed by atoms with van der Waals surface area (Å²) in [6.45, 7) is 1.88. The van der Waals surface area contributed by atoms with Crippen molar-refractivity contribution >= 4 is 11.6 Å². The minimum Gasteiger partial charge on any atom is -0.481 e. The second-order valence-corrected chi connectivity index (χ2v) is 6.20. The van der Waals surface area contributed by atoms with E-state index in [4.69, 9.17) is 18.9 Å². The Hall–Kier alpha value is -3.67. The molecule has 0 spiro atoms. The van der Waals surface area contributed by atoms with Crippen LogP contribution in [0, 0.1) is 0 Å². The first kappa shape index (κ1) is 17.7. The predicted octanol–water partition coefficient (Wildman–Crippen LogP) is 4.61. The number of anilines is 1. The zero-order chi connectivity index (χ0) is 19.3. The molecule has 1 amide bonds. The molecule has 4 rings (SSSR count). The number of fused-ring (bicyclic) bond motifs is 1. The molecule has 0 saturated heterocycles. The van der Waals surface area contributed by atoms with E-state index in [-0.39, 0.29) is 12.7 Å². The Bertz CT molecular complexity index is 956. The van der Waals surface area contributed by atoms with Crippen molar-refractivity contribution < 1.29 is 23.7 Å². The number of amides is 1. The first-order valence-corrected chi connectivity index (χ1v) is 8.87. The standard InChI is InChI=1S/C22H19NO5/c1-15(27-19-11-12-20-21(13-19)26-14-25-20)22(24)23-16-7-9-18(10-8-16)28-17-5-3-2-4-6-17/h2-13,15H,14H2,1H3,(H,23,24)/t15-/m0/s1. The minimum atomic E-state index is -0.680. The number of benzene rings is 3. The van der Waals surface area contributed by atoms with Crippen molar-refractivity contribution in [1.29, 1.82) is 0 Å². The van der Waals surface area contributed by atoms with Gasteiger partial charge in [-0.15, -0.1) is 0 Å². The average Bonchev–Trinajstić information content (AvgIpc) is 3.18. The van der Waals surface area contributed by atoms with Crippen molar-refractivity contribution in [3.05, 3.63) is 72.8 Å². The van der Waals surface area contributed by atoms with Crippen LogP contribution in [0.5, 0.6) is 28.7 Å². The third-order valence-electron chi connectivity index (χ3n) is 4.13. The van der Waals surface area contributed by atoms with E-state index in [2.05, 4.69) is 5.32 Å². The van der Waals surface area contributed by atoms with E-state index in [0.29, 0.717) is 28.7 Å². The lowest BCUT2D eigenvalue weighted by Crippen LogP contribution is -2.30. The molecule has 0 aromatic heterocycles. The molecule has 0 bridgehead atoms. The molecule has 3 aromatic rings. The first-order chi connectivity index (χ1) is 13.7. The zero-order valence-corrected chi connectivity index (χ0v) is 15.3. The van der Waals surface area contributed by atoms with Crippen LogP contribution in [0.15, 0.2) is 72.8 Å². The van der Waals surface area contributed by atoms with E-state index in [0.717, 1.165) is 5.75 Å². The Morgan fingerprint density at radius 3 is 2.36 bits per heavy atom. The summed E-state index contributed by atoms with van der Waals surface area (Å²) in [4.78, 5) is 12.4. The molecule has 1 aliphatic heterocycles. The SMILES string of the molecule is C[C@H](Oc1ccc2c(c1)OCO2)C(=O)Nc1ccc(Oc2ccccc2)cc1. The van der Waals surface area contributed by atoms with Gasteiger partial charge in [-0.1, -0.05) is 18.2 Å². The maximum absolute atomic E-state index is 12.4. The lowest BCUT2D eigenvalue weighted by atomic mass is 10.2. The Morgan fingerprint density at radius 1 is 0.893 bits per heavy atom. The summed E-state index contributed by atoms with van der Waals surface area (Å²) in [7, 11) is 0. The first-order valence-electron chi connectivity index (χ1n) is 8.87. The summed E-state index contributed by atoms with van der Waals surface area (Å²) >= 11 is 0. The Kier molecular flexibility index (Phi) is 5.01. The van der Waals surface area contributed by atoms with Crippen molar-refractivity contribution in [3.8, 4) is 28.7 Å². The maximum atomic E-state index is 12.4. The fourth-order valence-electron chi connectivity index (χ4n) is 2.68. The molecule has 1 atom stereocenters. The van der Waals surface area contributed by atoms with E-state index in [9.17, 15) is 4.79 Å². The van der Waals surface area contributed by atoms with Gasteiger partial charge in [0, 0.05) is 11.8 Å². The number of ether oxygens (including phenoxy) is 4. The van der Waals surface area contributed by atoms with Crippen molar-refractivity contribution in [2.75, 3.05) is 12.1 Å². The van der Waals surface area contributed by atoms with Crippen molar-refractivity contribution in [1.82, 2.24) is 0 Å². The molecule has 0 saturated carbocycles. The number of carbonyl (C=O) groups excluding carboxylic acids is 1. The van der Waals surface area contributed by atoms with E-state index in [1.54, 1.807) is 49.4 Å². The van der Waals surface area contributed by atoms with Gasteiger partial charge in [0.1, 0.15) is 17.2 Å². The smallest absolute Gasteiger partial charge is 0.265 e. The van der Waals surface area contributed by atoms with Crippen LogP contribution >= 0.6 is 0 Å². The quantitative estimate of drug-likeness (QED) is 0.679. The summed E-state index contributed by atoms with van der Waals surface area (Å²) in [6, 6.07) is 21.9. The number of carbonyl (C=O) groups is 1. The predicted molar refractivity (Wildman–Crippen MR) is 104 cm³/mol. The monoisotopic (exact) mass is 377 g/mol. The van der Waals surface area contributed by atoms with Crippen LogP contribution in [0.1, 0.15) is 6.92 Å². The second kappa shape index (κ2) is 7.92. The van der Waals surface area contributed by atoms with Gasteiger partial charge < -0.3 is 24.3 Å². The van der Waals surface area contributed by atoms with E-state index in [1.165, 1.54) is 0 Å². The molecule has 1 heterocycles. The van der Waals surface area contributed by atoms with Crippen LogP contribution in [0.2, 0.25) is 0 Å². The highest BCUT2D eigenvalue weighted by Crippen LogP contribution is 2.35. The molecule has 0 unspecified atom stereocenters. The Labute approximate surface area is 162 Å². The van der Waals surface area contributed by atoms with Crippen molar-refractivity contribution in [3.63, 3.8) is 0 Å². The van der Waals surface area contributed by atoms with Crippen molar-refractivity contribution in [2.24, 2.45) is 0 Å². The third kappa shape index (κ3) is 4.17. The second-order valence-electron chi connectivity index (χ2n) is 6.20. The highest BCUT2D eigenvalue weighted by Gasteiger charge is 2.18. The molecule has 0 aliphatic carbocycles. The number of nitrogens with one attached hydrogen (secondary N) is 1. The molecule has 6 nitrogen and oxygen atoms in total. The van der Waals surface area contributed by atoms with Gasteiger partial charge >= 0.3 is 0 Å². The molecular weight excluding hydrogens is 358 g/mol. The lowest BCUT2D eigenvalue weighted by molar-refractivity contribution is -0.122. The molecular formula is C22H19NO5. The van der Waals surface area contributed by atoms with Crippen LogP contribution < -0.4 is 24.3 Å². The number of para-hydroxylation sites is 1. The van der Waals surface area contributed by atoms with Gasteiger partial charge in [0.05, 0.1) is 0 Å². The fourth-order valence-corrected chi connectivity index (χ4v) is 2.68. The van der Waals surface area contributed by atoms with Gasteiger partial charge in [-0.25, -0.2) is 0 Å². The maximum Gasteiger partial charge on any atom is 0.265 e. The fraction of sp³-hybridized carbons (Fsp3) is 0.136. The lowest BCUT2D eigenvalue weighted by Gasteiger charge is -2.15. The van der Waals surface area contributed by atoms with Gasteiger partial charge in [0.2, 0.25) is 6.79 Å². The van der Waals surface area contributed by atoms with Gasteiger partial charge in [0.15, 0.2) is 17.6 Å². The molecule has 0 fully saturated rings. The van der Waals surface area contributed by atoms with Gasteiger partial charge in [-0.05, 0) is 55.5 Å². The third-order valence-corrected chi connectivity index (χ3v) is 4.13. The summed E-state index contributed by atoms with van der Waals surface area (Å²) in [5.41, 5.74) is 0.659. The zero-order valence-electron chi connectivity index (χ0n) is 15.3. The van der Waals surface area contributed by atoms with Crippen molar-refractivity contribution in [2.45, 2.75) is 13.0 Å². The molecule has 0 radical (unpaired) electrons. The van der Waals surface area contributed by atoms with Crippen LogP contribution in [0.25, 0.3) is 0 Å². The number of hydrogen-bond acceptors (Lipinski definition) is 5. The average molecular weight is 377 g/mol. The van der Waals surface area contributed by atoms with Crippen LogP contribution in [0.4, 0.5) is 5.69 Å². The molecule has 142 valence electrons. The molecule has 28 heavy (non-hydrogen) atoms. The van der Waals surface area contributed by atoms with Gasteiger partial charge in [0.25, 0.3) is 5.91 Å². The van der Waals surface area contributed by atoms with Gasteiger partial charge in [-0.2, -0.15) is 0 Å². The summed E-state index contributed by atoms with van der Waals surface area (Å²) in [6.07, 6.45) is -0.680. The summed E-state index contributed by atoms with van der Waals surface area (Å²) in [5.74, 6) is 3.01. The highest BCUT2D eigenvalue weighted by molar-refractivity contribution is 5.94. The van der Waals surface area contributed by atoms with E-state index < -0.39 is 6.10 Å². The normalized spacial score (nSPS) is 12.9. The van der Waals surface area contributed by atoms with Gasteiger partial charge in [-0.3, -0.25) is 4.79 Å². The molecule has 1 N–H and O–H groups in total. The van der Waals surface area contributed by atoms with E-state index in [1.807, 2.05) is 30.3 Å². The Morgan fingerprint density at radius 2 is 1.57 bits per heavy atom. The van der Waals surface area contributed by atoms with Crippen LogP contribution in [-0.4, -0.2) is 18.8 Å². The number of hydrogen-bond donors (Lipinski definition) is 1. The molecule has 6 heteroatoms. The number of rotatable bonds is 6. The Balaban J connectivity index is 1.33. The van der Waals surface area contributed by atoms with Crippen LogP contribution in [-0.2, 0) is 4.79 Å². The minimum absolute atomic E-state index is 0.193.